The molecule has 1 aliphatic carbocycles. The van der Waals surface area contributed by atoms with Crippen LogP contribution in [0, 0.1) is 0 Å². The van der Waals surface area contributed by atoms with Crippen molar-refractivity contribution >= 4 is 85.4 Å². The normalized spacial score (nSPS) is 13.3. The molecule has 0 spiro atoms. The van der Waals surface area contributed by atoms with E-state index < -0.39 is 0 Å². The van der Waals surface area contributed by atoms with Crippen LogP contribution in [0.25, 0.3) is 119 Å². The van der Waals surface area contributed by atoms with E-state index in [1.165, 1.54) is 130 Å². The van der Waals surface area contributed by atoms with Crippen molar-refractivity contribution in [2.75, 3.05) is 0 Å². The molecule has 12 aromatic rings. The van der Waals surface area contributed by atoms with Gasteiger partial charge in [0.05, 0.1) is 0 Å². The fourth-order valence-electron chi connectivity index (χ4n) is 10.9. The third kappa shape index (κ3) is 4.61. The van der Waals surface area contributed by atoms with E-state index >= 15 is 0 Å². The molecule has 0 saturated carbocycles. The predicted octanol–water partition coefficient (Wildman–Crippen LogP) is 17.1. The molecule has 0 nitrogen and oxygen atoms in total. The molecule has 0 saturated heterocycles. The van der Waals surface area contributed by atoms with Gasteiger partial charge in [0, 0.05) is 31.2 Å². The van der Waals surface area contributed by atoms with Crippen molar-refractivity contribution in [3.63, 3.8) is 0 Å². The molecule has 0 fully saturated rings. The highest BCUT2D eigenvalue weighted by atomic mass is 32.1. The van der Waals surface area contributed by atoms with Crippen LogP contribution in [0.2, 0.25) is 0 Å². The first kappa shape index (κ1) is 33.9. The minimum atomic E-state index is -0.0535. The van der Waals surface area contributed by atoms with Gasteiger partial charge in [-0.3, -0.25) is 0 Å². The van der Waals surface area contributed by atoms with Crippen LogP contribution in [-0.2, 0) is 5.41 Å². The van der Waals surface area contributed by atoms with E-state index in [0.717, 1.165) is 0 Å². The van der Waals surface area contributed by atoms with Crippen LogP contribution in [0.15, 0.2) is 194 Å². The molecule has 13 rings (SSSR count). The second kappa shape index (κ2) is 12.5. The van der Waals surface area contributed by atoms with Gasteiger partial charge in [0.15, 0.2) is 0 Å². The molecule has 1 aromatic heterocycles. The summed E-state index contributed by atoms with van der Waals surface area (Å²) in [4.78, 5) is 0. The van der Waals surface area contributed by atoms with Crippen molar-refractivity contribution in [1.82, 2.24) is 0 Å². The SMILES string of the molecule is CC1(C)c2ccccc2-c2c1ccc1sc3c(-c4ccc(-c5c6ccccc6c(-c6ccc7ccccc7c6)c6ccccc56)c5ccccc45)c4ccccc4cc3c21. The van der Waals surface area contributed by atoms with E-state index in [1.54, 1.807) is 0 Å². The maximum Gasteiger partial charge on any atom is 0.0440 e. The van der Waals surface area contributed by atoms with Crippen molar-refractivity contribution in [1.29, 1.82) is 0 Å². The maximum atomic E-state index is 2.47. The lowest BCUT2D eigenvalue weighted by molar-refractivity contribution is 0.661. The zero-order valence-electron chi connectivity index (χ0n) is 33.4. The van der Waals surface area contributed by atoms with E-state index in [9.17, 15) is 0 Å². The first-order valence-corrected chi connectivity index (χ1v) is 21.8. The average molecular weight is 779 g/mol. The summed E-state index contributed by atoms with van der Waals surface area (Å²) in [6, 6.07) is 73.0. The minimum absolute atomic E-state index is 0.0535. The Balaban J connectivity index is 1.10. The Morgan fingerprint density at radius 1 is 0.333 bits per heavy atom. The van der Waals surface area contributed by atoms with Gasteiger partial charge in [-0.25, -0.2) is 0 Å². The minimum Gasteiger partial charge on any atom is -0.134 e. The van der Waals surface area contributed by atoms with Gasteiger partial charge in [-0.15, -0.1) is 11.3 Å². The Kier molecular flexibility index (Phi) is 7.04. The number of hydrogen-bond acceptors (Lipinski definition) is 1. The molecular weight excluding hydrogens is 741 g/mol. The summed E-state index contributed by atoms with van der Waals surface area (Å²) >= 11 is 1.95. The van der Waals surface area contributed by atoms with Crippen LogP contribution in [-0.4, -0.2) is 0 Å². The fraction of sp³-hybridized carbons (Fsp3) is 0.0508. The second-order valence-electron chi connectivity index (χ2n) is 17.1. The molecule has 0 atom stereocenters. The highest BCUT2D eigenvalue weighted by Crippen LogP contribution is 2.56. The predicted molar refractivity (Wildman–Crippen MR) is 261 cm³/mol. The lowest BCUT2D eigenvalue weighted by Crippen LogP contribution is -2.14. The molecule has 0 amide bonds. The molecule has 0 bridgehead atoms. The van der Waals surface area contributed by atoms with Gasteiger partial charge in [0.25, 0.3) is 0 Å². The Bertz CT molecular complexity index is 3750. The molecule has 1 heterocycles. The van der Waals surface area contributed by atoms with Gasteiger partial charge in [0.1, 0.15) is 0 Å². The van der Waals surface area contributed by atoms with E-state index in [1.807, 2.05) is 11.3 Å². The first-order chi connectivity index (χ1) is 29.5. The summed E-state index contributed by atoms with van der Waals surface area (Å²) in [5, 5.41) is 15.4. The van der Waals surface area contributed by atoms with E-state index in [2.05, 4.69) is 208 Å². The number of hydrogen-bond donors (Lipinski definition) is 0. The molecule has 0 unspecified atom stereocenters. The summed E-state index contributed by atoms with van der Waals surface area (Å²) in [5.41, 5.74) is 13.3. The molecule has 60 heavy (non-hydrogen) atoms. The molecule has 1 aliphatic rings. The number of benzene rings is 11. The van der Waals surface area contributed by atoms with Gasteiger partial charge in [-0.05, 0) is 122 Å². The van der Waals surface area contributed by atoms with Crippen molar-refractivity contribution < 1.29 is 0 Å². The van der Waals surface area contributed by atoms with Crippen LogP contribution in [0.5, 0.6) is 0 Å². The summed E-state index contributed by atoms with van der Waals surface area (Å²) in [6.45, 7) is 4.77. The summed E-state index contributed by atoms with van der Waals surface area (Å²) in [6.07, 6.45) is 0. The smallest absolute Gasteiger partial charge is 0.0440 e. The Hall–Kier alpha value is -7.06. The van der Waals surface area contributed by atoms with Crippen molar-refractivity contribution in [3.05, 3.63) is 205 Å². The Labute approximate surface area is 352 Å². The summed E-state index contributed by atoms with van der Waals surface area (Å²) in [7, 11) is 0. The average Bonchev–Trinajstić information content (AvgIpc) is 3.78. The van der Waals surface area contributed by atoms with Crippen LogP contribution < -0.4 is 0 Å². The largest absolute Gasteiger partial charge is 0.134 e. The van der Waals surface area contributed by atoms with Crippen molar-refractivity contribution in [2.24, 2.45) is 0 Å². The number of rotatable bonds is 3. The zero-order chi connectivity index (χ0) is 39.7. The van der Waals surface area contributed by atoms with E-state index in [0.29, 0.717) is 0 Å². The number of fused-ring (bicyclic) bond motifs is 12. The highest BCUT2D eigenvalue weighted by molar-refractivity contribution is 7.26. The van der Waals surface area contributed by atoms with Crippen LogP contribution >= 0.6 is 11.3 Å². The van der Waals surface area contributed by atoms with Gasteiger partial charge in [-0.2, -0.15) is 0 Å². The molecule has 1 heteroatoms. The van der Waals surface area contributed by atoms with E-state index in [-0.39, 0.29) is 5.41 Å². The molecule has 0 N–H and O–H groups in total. The molecule has 280 valence electrons. The lowest BCUT2D eigenvalue weighted by Gasteiger charge is -2.21. The molecular formula is C59H38S. The third-order valence-corrected chi connectivity index (χ3v) is 14.8. The fourth-order valence-corrected chi connectivity index (χ4v) is 12.2. The lowest BCUT2D eigenvalue weighted by atomic mass is 9.82. The van der Waals surface area contributed by atoms with Crippen LogP contribution in [0.4, 0.5) is 0 Å². The molecule has 11 aromatic carbocycles. The Morgan fingerprint density at radius 3 is 1.58 bits per heavy atom. The number of thiophene rings is 1. The molecule has 0 aliphatic heterocycles. The van der Waals surface area contributed by atoms with Crippen molar-refractivity contribution in [2.45, 2.75) is 19.3 Å². The quantitative estimate of drug-likeness (QED) is 0.157. The maximum absolute atomic E-state index is 2.47. The monoisotopic (exact) mass is 778 g/mol. The van der Waals surface area contributed by atoms with Gasteiger partial charge in [0.2, 0.25) is 0 Å². The van der Waals surface area contributed by atoms with Gasteiger partial charge >= 0.3 is 0 Å². The topological polar surface area (TPSA) is 0 Å². The van der Waals surface area contributed by atoms with Crippen LogP contribution in [0.1, 0.15) is 25.0 Å². The van der Waals surface area contributed by atoms with Crippen molar-refractivity contribution in [3.8, 4) is 44.5 Å². The Morgan fingerprint density at radius 2 is 0.883 bits per heavy atom. The van der Waals surface area contributed by atoms with E-state index in [4.69, 9.17) is 0 Å². The summed E-state index contributed by atoms with van der Waals surface area (Å²) < 4.78 is 2.70. The third-order valence-electron chi connectivity index (χ3n) is 13.6. The van der Waals surface area contributed by atoms with Crippen LogP contribution in [0.3, 0.4) is 0 Å². The highest BCUT2D eigenvalue weighted by Gasteiger charge is 2.37. The standard InChI is InChI=1S/C59H38S/c1-59(2)50-26-14-13-25-48(50)56-51(59)31-32-52-57(56)49-34-37-17-5-6-18-39(37)55(58(49)60-52)47-30-29-46(40-19-7-8-20-41(40)47)54-44-23-11-9-21-42(44)53(43-22-10-12-24-45(43)54)38-28-27-35-15-3-4-16-36(35)33-38/h3-34H,1-2H3. The zero-order valence-corrected chi connectivity index (χ0v) is 34.2. The summed E-state index contributed by atoms with van der Waals surface area (Å²) in [5.74, 6) is 0. The first-order valence-electron chi connectivity index (χ1n) is 21.0. The molecule has 0 radical (unpaired) electrons. The van der Waals surface area contributed by atoms with Gasteiger partial charge in [-0.1, -0.05) is 190 Å². The van der Waals surface area contributed by atoms with Gasteiger partial charge < -0.3 is 0 Å². The second-order valence-corrected chi connectivity index (χ2v) is 18.1.